The summed E-state index contributed by atoms with van der Waals surface area (Å²) in [6.07, 6.45) is -4.21. The van der Waals surface area contributed by atoms with Crippen molar-refractivity contribution in [3.05, 3.63) is 66.2 Å². The van der Waals surface area contributed by atoms with Crippen LogP contribution >= 0.6 is 0 Å². The summed E-state index contributed by atoms with van der Waals surface area (Å²) in [7, 11) is -0.932. The van der Waals surface area contributed by atoms with Crippen molar-refractivity contribution >= 4 is 12.6 Å². The summed E-state index contributed by atoms with van der Waals surface area (Å²) in [5.74, 6) is 0. The molecule has 0 radical (unpaired) electrons. The molecule has 3 nitrogen and oxygen atoms in total. The fraction of sp³-hybridized carbons (Fsp3) is 0.200. The van der Waals surface area contributed by atoms with Gasteiger partial charge in [-0.1, -0.05) is 60.7 Å². The molecule has 0 bridgehead atoms. The van der Waals surface area contributed by atoms with Crippen molar-refractivity contribution in [1.82, 2.24) is 0 Å². The molecule has 2 N–H and O–H groups in total. The van der Waals surface area contributed by atoms with Crippen LogP contribution in [-0.4, -0.2) is 30.5 Å². The lowest BCUT2D eigenvalue weighted by atomic mass is 9.80. The highest BCUT2D eigenvalue weighted by atomic mass is 19.4. The van der Waals surface area contributed by atoms with Crippen molar-refractivity contribution in [3.8, 4) is 0 Å². The van der Waals surface area contributed by atoms with E-state index in [9.17, 15) is 18.2 Å². The monoisotopic (exact) mass is 312 g/mol. The van der Waals surface area contributed by atoms with Crippen LogP contribution in [0, 0.1) is 0 Å². The van der Waals surface area contributed by atoms with Crippen molar-refractivity contribution < 1.29 is 28.0 Å². The van der Waals surface area contributed by atoms with Crippen LogP contribution in [0.25, 0.3) is 0 Å². The van der Waals surface area contributed by atoms with Gasteiger partial charge in [-0.3, -0.25) is 0 Å². The third kappa shape index (κ3) is 6.75. The molecule has 0 aliphatic heterocycles. The standard InChI is InChI=1S/C8H11BO3.C7H5F3/c10-6-7-12-9(11)8-4-2-1-3-5-8;8-7(9,10)6-4-2-1-3-5-6/h1-5,10-11H,6-7H2;1-5H. The molecule has 0 fully saturated rings. The van der Waals surface area contributed by atoms with Crippen LogP contribution < -0.4 is 5.46 Å². The van der Waals surface area contributed by atoms with Crippen LogP contribution in [-0.2, 0) is 10.8 Å². The van der Waals surface area contributed by atoms with E-state index in [1.165, 1.54) is 12.1 Å². The summed E-state index contributed by atoms with van der Waals surface area (Å²) in [4.78, 5) is 0. The summed E-state index contributed by atoms with van der Waals surface area (Å²) < 4.78 is 40.2. The van der Waals surface area contributed by atoms with E-state index in [2.05, 4.69) is 0 Å². The van der Waals surface area contributed by atoms with Gasteiger partial charge in [0.1, 0.15) is 0 Å². The first-order valence-electron chi connectivity index (χ1n) is 6.53. The maximum Gasteiger partial charge on any atom is 0.491 e. The lowest BCUT2D eigenvalue weighted by Gasteiger charge is -2.05. The van der Waals surface area contributed by atoms with Gasteiger partial charge in [0.2, 0.25) is 0 Å². The highest BCUT2D eigenvalue weighted by molar-refractivity contribution is 6.59. The van der Waals surface area contributed by atoms with Crippen molar-refractivity contribution in [1.29, 1.82) is 0 Å². The molecular weight excluding hydrogens is 296 g/mol. The van der Waals surface area contributed by atoms with Crippen LogP contribution in [0.15, 0.2) is 60.7 Å². The van der Waals surface area contributed by atoms with Crippen molar-refractivity contribution in [2.24, 2.45) is 0 Å². The number of halogens is 3. The SMILES string of the molecule is FC(F)(F)c1ccccc1.OCCOB(O)c1ccccc1. The maximum absolute atomic E-state index is 11.8. The predicted molar refractivity (Wildman–Crippen MR) is 78.5 cm³/mol. The highest BCUT2D eigenvalue weighted by Crippen LogP contribution is 2.28. The lowest BCUT2D eigenvalue weighted by molar-refractivity contribution is -0.137. The molecule has 0 aromatic heterocycles. The summed E-state index contributed by atoms with van der Waals surface area (Å²) in [5, 5.41) is 17.7. The van der Waals surface area contributed by atoms with Gasteiger partial charge in [-0.15, -0.1) is 0 Å². The second kappa shape index (κ2) is 9.25. The van der Waals surface area contributed by atoms with Gasteiger partial charge in [0.15, 0.2) is 0 Å². The number of benzene rings is 2. The molecule has 0 unspecified atom stereocenters. The molecule has 0 aliphatic carbocycles. The lowest BCUT2D eigenvalue weighted by Crippen LogP contribution is -2.34. The average Bonchev–Trinajstić information content (AvgIpc) is 2.54. The van der Waals surface area contributed by atoms with Gasteiger partial charge in [-0.05, 0) is 5.46 Å². The fourth-order valence-electron chi connectivity index (χ4n) is 1.51. The first kappa shape index (κ1) is 18.2. The summed E-state index contributed by atoms with van der Waals surface area (Å²) in [5.41, 5.74) is 0.0981. The van der Waals surface area contributed by atoms with Crippen LogP contribution in [0.1, 0.15) is 5.56 Å². The molecule has 0 amide bonds. The van der Waals surface area contributed by atoms with Gasteiger partial charge in [-0.25, -0.2) is 0 Å². The van der Waals surface area contributed by atoms with Crippen molar-refractivity contribution in [3.63, 3.8) is 0 Å². The Morgan fingerprint density at radius 2 is 1.41 bits per heavy atom. The van der Waals surface area contributed by atoms with Crippen molar-refractivity contribution in [2.75, 3.05) is 13.2 Å². The average molecular weight is 312 g/mol. The molecule has 0 spiro atoms. The number of rotatable bonds is 4. The van der Waals surface area contributed by atoms with E-state index >= 15 is 0 Å². The first-order chi connectivity index (χ1) is 10.4. The highest BCUT2D eigenvalue weighted by Gasteiger charge is 2.29. The zero-order valence-corrected chi connectivity index (χ0v) is 11.7. The molecule has 2 aromatic rings. The second-order valence-electron chi connectivity index (χ2n) is 4.22. The number of alkyl halides is 3. The Bertz CT molecular complexity index is 521. The topological polar surface area (TPSA) is 49.7 Å². The van der Waals surface area contributed by atoms with E-state index in [0.29, 0.717) is 5.46 Å². The first-order valence-corrected chi connectivity index (χ1v) is 6.53. The number of aliphatic hydroxyl groups is 1. The quantitative estimate of drug-likeness (QED) is 0.850. The van der Waals surface area contributed by atoms with Gasteiger partial charge in [0.25, 0.3) is 0 Å². The van der Waals surface area contributed by atoms with E-state index < -0.39 is 18.9 Å². The fourth-order valence-corrected chi connectivity index (χ4v) is 1.51. The molecule has 2 aromatic carbocycles. The smallest absolute Gasteiger partial charge is 0.423 e. The molecule has 22 heavy (non-hydrogen) atoms. The van der Waals surface area contributed by atoms with E-state index in [1.54, 1.807) is 18.2 Å². The second-order valence-corrected chi connectivity index (χ2v) is 4.22. The Balaban J connectivity index is 0.000000224. The normalized spacial score (nSPS) is 10.6. The Morgan fingerprint density at radius 1 is 0.909 bits per heavy atom. The van der Waals surface area contributed by atoms with Gasteiger partial charge in [-0.2, -0.15) is 13.2 Å². The Labute approximate surface area is 127 Å². The molecule has 7 heteroatoms. The Hall–Kier alpha value is -1.83. The molecule has 0 aliphatic rings. The minimum atomic E-state index is -4.21. The molecule has 0 saturated heterocycles. The van der Waals surface area contributed by atoms with E-state index in [4.69, 9.17) is 9.76 Å². The van der Waals surface area contributed by atoms with Crippen LogP contribution in [0.4, 0.5) is 13.2 Å². The molecular formula is C15H16BF3O3. The minimum Gasteiger partial charge on any atom is -0.423 e. The predicted octanol–water partition coefficient (Wildman–Crippen LogP) is 2.09. The summed E-state index contributed by atoms with van der Waals surface area (Å²) in [6.45, 7) is 0.0694. The number of aliphatic hydroxyl groups excluding tert-OH is 1. The maximum atomic E-state index is 11.8. The number of hydrogen-bond donors (Lipinski definition) is 2. The minimum absolute atomic E-state index is 0.0795. The largest absolute Gasteiger partial charge is 0.491 e. The summed E-state index contributed by atoms with van der Waals surface area (Å²) >= 11 is 0. The third-order valence-electron chi connectivity index (χ3n) is 2.55. The molecule has 2 rings (SSSR count). The molecule has 0 heterocycles. The van der Waals surface area contributed by atoms with Gasteiger partial charge < -0.3 is 14.8 Å². The van der Waals surface area contributed by atoms with Crippen LogP contribution in [0.3, 0.4) is 0 Å². The summed E-state index contributed by atoms with van der Waals surface area (Å²) in [6, 6.07) is 15.4. The van der Waals surface area contributed by atoms with Crippen molar-refractivity contribution in [2.45, 2.75) is 6.18 Å². The number of hydrogen-bond acceptors (Lipinski definition) is 3. The van der Waals surface area contributed by atoms with Crippen LogP contribution in [0.2, 0.25) is 0 Å². The van der Waals surface area contributed by atoms with E-state index in [1.807, 2.05) is 18.2 Å². The zero-order valence-electron chi connectivity index (χ0n) is 11.7. The van der Waals surface area contributed by atoms with Gasteiger partial charge in [0, 0.05) is 0 Å². The molecule has 0 saturated carbocycles. The van der Waals surface area contributed by atoms with Gasteiger partial charge >= 0.3 is 13.3 Å². The Morgan fingerprint density at radius 3 is 1.82 bits per heavy atom. The molecule has 0 atom stereocenters. The van der Waals surface area contributed by atoms with Gasteiger partial charge in [0.05, 0.1) is 18.8 Å². The van der Waals surface area contributed by atoms with E-state index in [0.717, 1.165) is 12.1 Å². The van der Waals surface area contributed by atoms with E-state index in [-0.39, 0.29) is 13.2 Å². The Kier molecular flexibility index (Phi) is 7.66. The third-order valence-corrected chi connectivity index (χ3v) is 2.55. The van der Waals surface area contributed by atoms with Crippen LogP contribution in [0.5, 0.6) is 0 Å². The zero-order chi connectivity index (χ0) is 16.4. The molecule has 118 valence electrons.